The average molecular weight is 283 g/mol. The van der Waals surface area contributed by atoms with Gasteiger partial charge in [0.25, 0.3) is 0 Å². The van der Waals surface area contributed by atoms with Crippen molar-refractivity contribution in [2.24, 2.45) is 5.92 Å². The molecule has 3 heteroatoms. The molecule has 1 atom stereocenters. The summed E-state index contributed by atoms with van der Waals surface area (Å²) >= 11 is 0. The van der Waals surface area contributed by atoms with Crippen LogP contribution < -0.4 is 4.90 Å². The second-order valence-electron chi connectivity index (χ2n) is 5.57. The van der Waals surface area contributed by atoms with Gasteiger partial charge in [0.1, 0.15) is 0 Å². The van der Waals surface area contributed by atoms with Gasteiger partial charge in [-0.05, 0) is 42.7 Å². The predicted molar refractivity (Wildman–Crippen MR) is 85.5 cm³/mol. The van der Waals surface area contributed by atoms with E-state index in [2.05, 4.69) is 47.4 Å². The molecule has 2 aromatic rings. The Morgan fingerprint density at radius 3 is 2.86 bits per heavy atom. The van der Waals surface area contributed by atoms with Gasteiger partial charge in [0.15, 0.2) is 0 Å². The SMILES string of the molecule is CCOC(=O)C1CCCN(c2ccc3ccccc3c2)C1. The number of rotatable bonds is 3. The van der Waals surface area contributed by atoms with Crippen LogP contribution in [0.3, 0.4) is 0 Å². The molecule has 1 saturated heterocycles. The van der Waals surface area contributed by atoms with E-state index >= 15 is 0 Å². The Hall–Kier alpha value is -2.03. The minimum atomic E-state index is -0.0528. The van der Waals surface area contributed by atoms with Crippen LogP contribution in [-0.2, 0) is 9.53 Å². The molecule has 110 valence electrons. The smallest absolute Gasteiger partial charge is 0.310 e. The van der Waals surface area contributed by atoms with Crippen molar-refractivity contribution < 1.29 is 9.53 Å². The first-order chi connectivity index (χ1) is 10.3. The van der Waals surface area contributed by atoms with Crippen LogP contribution in [-0.4, -0.2) is 25.7 Å². The Balaban J connectivity index is 1.79. The number of anilines is 1. The number of benzene rings is 2. The summed E-state index contributed by atoms with van der Waals surface area (Å²) in [6.07, 6.45) is 1.97. The molecule has 0 aromatic heterocycles. The lowest BCUT2D eigenvalue weighted by molar-refractivity contribution is -0.148. The van der Waals surface area contributed by atoms with Crippen molar-refractivity contribution in [3.63, 3.8) is 0 Å². The molecule has 3 nitrogen and oxygen atoms in total. The van der Waals surface area contributed by atoms with E-state index in [0.29, 0.717) is 6.61 Å². The van der Waals surface area contributed by atoms with Gasteiger partial charge in [-0.15, -0.1) is 0 Å². The average Bonchev–Trinajstić information content (AvgIpc) is 2.55. The largest absolute Gasteiger partial charge is 0.466 e. The summed E-state index contributed by atoms with van der Waals surface area (Å²) < 4.78 is 5.17. The zero-order chi connectivity index (χ0) is 14.7. The highest BCUT2D eigenvalue weighted by atomic mass is 16.5. The molecule has 0 N–H and O–H groups in total. The van der Waals surface area contributed by atoms with Crippen molar-refractivity contribution in [2.75, 3.05) is 24.6 Å². The van der Waals surface area contributed by atoms with Gasteiger partial charge in [-0.1, -0.05) is 30.3 Å². The first kappa shape index (κ1) is 13.9. The number of piperidine rings is 1. The first-order valence-corrected chi connectivity index (χ1v) is 7.68. The van der Waals surface area contributed by atoms with Crippen molar-refractivity contribution in [1.29, 1.82) is 0 Å². The zero-order valence-corrected chi connectivity index (χ0v) is 12.4. The molecule has 0 saturated carbocycles. The second-order valence-corrected chi connectivity index (χ2v) is 5.57. The summed E-state index contributed by atoms with van der Waals surface area (Å²) in [6.45, 7) is 4.10. The Morgan fingerprint density at radius 2 is 2.05 bits per heavy atom. The standard InChI is InChI=1S/C18H21NO2/c1-2-21-18(20)16-8-5-11-19(13-16)17-10-9-14-6-3-4-7-15(14)12-17/h3-4,6-7,9-10,12,16H,2,5,8,11,13H2,1H3. The van der Waals surface area contributed by atoms with Crippen molar-refractivity contribution in [3.8, 4) is 0 Å². The molecule has 0 bridgehead atoms. The number of ether oxygens (including phenoxy) is 1. The van der Waals surface area contributed by atoms with Gasteiger partial charge in [0, 0.05) is 18.8 Å². The Kier molecular flexibility index (Phi) is 4.09. The molecule has 1 fully saturated rings. The first-order valence-electron chi connectivity index (χ1n) is 7.68. The van der Waals surface area contributed by atoms with Crippen LogP contribution in [0.2, 0.25) is 0 Å². The van der Waals surface area contributed by atoms with Gasteiger partial charge < -0.3 is 9.64 Å². The summed E-state index contributed by atoms with van der Waals surface area (Å²) in [5.41, 5.74) is 1.20. The van der Waals surface area contributed by atoms with Crippen LogP contribution >= 0.6 is 0 Å². The van der Waals surface area contributed by atoms with E-state index in [1.54, 1.807) is 0 Å². The van der Waals surface area contributed by atoms with Crippen LogP contribution in [0.25, 0.3) is 10.8 Å². The quantitative estimate of drug-likeness (QED) is 0.806. The van der Waals surface area contributed by atoms with E-state index in [4.69, 9.17) is 4.74 Å². The highest BCUT2D eigenvalue weighted by molar-refractivity contribution is 5.86. The number of esters is 1. The fourth-order valence-electron chi connectivity index (χ4n) is 3.04. The molecule has 1 heterocycles. The van der Waals surface area contributed by atoms with Crippen LogP contribution in [0.1, 0.15) is 19.8 Å². The van der Waals surface area contributed by atoms with Gasteiger partial charge >= 0.3 is 5.97 Å². The number of hydrogen-bond donors (Lipinski definition) is 0. The van der Waals surface area contributed by atoms with Gasteiger partial charge in [0.2, 0.25) is 0 Å². The molecule has 0 spiro atoms. The third-order valence-electron chi connectivity index (χ3n) is 4.14. The third kappa shape index (κ3) is 3.02. The second kappa shape index (κ2) is 6.17. The summed E-state index contributed by atoms with van der Waals surface area (Å²) in [7, 11) is 0. The summed E-state index contributed by atoms with van der Waals surface area (Å²) in [5.74, 6) is -0.0480. The fraction of sp³-hybridized carbons (Fsp3) is 0.389. The monoisotopic (exact) mass is 283 g/mol. The van der Waals surface area contributed by atoms with Crippen molar-refractivity contribution in [2.45, 2.75) is 19.8 Å². The number of fused-ring (bicyclic) bond motifs is 1. The minimum absolute atomic E-state index is 0.00479. The summed E-state index contributed by atoms with van der Waals surface area (Å²) in [6, 6.07) is 14.9. The summed E-state index contributed by atoms with van der Waals surface area (Å²) in [5, 5.41) is 2.49. The van der Waals surface area contributed by atoms with Crippen molar-refractivity contribution in [1.82, 2.24) is 0 Å². The van der Waals surface area contributed by atoms with E-state index in [1.807, 2.05) is 6.92 Å². The number of carbonyl (C=O) groups is 1. The highest BCUT2D eigenvalue weighted by Crippen LogP contribution is 2.27. The molecule has 21 heavy (non-hydrogen) atoms. The summed E-state index contributed by atoms with van der Waals surface area (Å²) in [4.78, 5) is 14.2. The highest BCUT2D eigenvalue weighted by Gasteiger charge is 2.26. The lowest BCUT2D eigenvalue weighted by Crippen LogP contribution is -2.39. The van der Waals surface area contributed by atoms with Crippen LogP contribution in [0.5, 0.6) is 0 Å². The van der Waals surface area contributed by atoms with Crippen molar-refractivity contribution >= 4 is 22.4 Å². The van der Waals surface area contributed by atoms with Gasteiger partial charge in [0.05, 0.1) is 12.5 Å². The van der Waals surface area contributed by atoms with Gasteiger partial charge in [-0.25, -0.2) is 0 Å². The molecule has 0 aliphatic carbocycles. The Bertz CT molecular complexity index is 638. The lowest BCUT2D eigenvalue weighted by Gasteiger charge is -2.33. The number of nitrogens with zero attached hydrogens (tertiary/aromatic N) is 1. The van der Waals surface area contributed by atoms with Crippen LogP contribution in [0.4, 0.5) is 5.69 Å². The number of carbonyl (C=O) groups excluding carboxylic acids is 1. The van der Waals surface area contributed by atoms with E-state index in [0.717, 1.165) is 25.9 Å². The lowest BCUT2D eigenvalue weighted by atomic mass is 9.97. The fourth-order valence-corrected chi connectivity index (χ4v) is 3.04. The molecule has 2 aromatic carbocycles. The van der Waals surface area contributed by atoms with Crippen LogP contribution in [0, 0.1) is 5.92 Å². The molecule has 1 unspecified atom stereocenters. The topological polar surface area (TPSA) is 29.5 Å². The maximum atomic E-state index is 11.9. The van der Waals surface area contributed by atoms with E-state index in [9.17, 15) is 4.79 Å². The maximum absolute atomic E-state index is 11.9. The van der Waals surface area contributed by atoms with E-state index in [-0.39, 0.29) is 11.9 Å². The third-order valence-corrected chi connectivity index (χ3v) is 4.14. The maximum Gasteiger partial charge on any atom is 0.310 e. The molecule has 0 radical (unpaired) electrons. The minimum Gasteiger partial charge on any atom is -0.466 e. The molecule has 1 aliphatic heterocycles. The number of hydrogen-bond acceptors (Lipinski definition) is 3. The normalized spacial score (nSPS) is 18.7. The Labute approximate surface area is 125 Å². The van der Waals surface area contributed by atoms with E-state index in [1.165, 1.54) is 16.5 Å². The zero-order valence-electron chi connectivity index (χ0n) is 12.4. The molecular formula is C18H21NO2. The van der Waals surface area contributed by atoms with Gasteiger partial charge in [-0.2, -0.15) is 0 Å². The molecule has 1 aliphatic rings. The molecular weight excluding hydrogens is 262 g/mol. The van der Waals surface area contributed by atoms with E-state index < -0.39 is 0 Å². The predicted octanol–water partition coefficient (Wildman–Crippen LogP) is 3.62. The molecule has 3 rings (SSSR count). The van der Waals surface area contributed by atoms with Crippen molar-refractivity contribution in [3.05, 3.63) is 42.5 Å². The molecule has 0 amide bonds. The Morgan fingerprint density at radius 1 is 1.24 bits per heavy atom. The van der Waals surface area contributed by atoms with Crippen LogP contribution in [0.15, 0.2) is 42.5 Å². The van der Waals surface area contributed by atoms with Gasteiger partial charge in [-0.3, -0.25) is 4.79 Å².